The number of carbonyl (C=O) groups excluding carboxylic acids is 2. The van der Waals surface area contributed by atoms with Gasteiger partial charge in [0.05, 0.1) is 11.3 Å². The SMILES string of the molecule is CC[C@@H](Oc1cccc2ccccc12)C(=O)Nc1ccccc1C(=O)NC1CCCCC1. The predicted molar refractivity (Wildman–Crippen MR) is 128 cm³/mol. The molecule has 3 aromatic rings. The Balaban J connectivity index is 1.48. The van der Waals surface area contributed by atoms with Crippen molar-refractivity contribution in [3.8, 4) is 5.75 Å². The Kier molecular flexibility index (Phi) is 7.05. The molecule has 1 saturated carbocycles. The highest BCUT2D eigenvalue weighted by Gasteiger charge is 2.23. The Labute approximate surface area is 189 Å². The molecule has 0 radical (unpaired) electrons. The molecule has 32 heavy (non-hydrogen) atoms. The summed E-state index contributed by atoms with van der Waals surface area (Å²) in [6.45, 7) is 1.91. The third-order valence-electron chi connectivity index (χ3n) is 6.05. The number of benzene rings is 3. The molecular formula is C27H30N2O3. The molecule has 0 bridgehead atoms. The molecule has 1 aliphatic carbocycles. The van der Waals surface area contributed by atoms with Gasteiger partial charge in [-0.15, -0.1) is 0 Å². The lowest BCUT2D eigenvalue weighted by Crippen LogP contribution is -2.37. The molecule has 0 saturated heterocycles. The molecule has 3 aromatic carbocycles. The zero-order valence-electron chi connectivity index (χ0n) is 18.5. The maximum Gasteiger partial charge on any atom is 0.265 e. The quantitative estimate of drug-likeness (QED) is 0.505. The van der Waals surface area contributed by atoms with Gasteiger partial charge >= 0.3 is 0 Å². The second-order valence-corrected chi connectivity index (χ2v) is 8.34. The number of nitrogens with one attached hydrogen (secondary N) is 2. The fraction of sp³-hybridized carbons (Fsp3) is 0.333. The van der Waals surface area contributed by atoms with Crippen molar-refractivity contribution in [1.82, 2.24) is 5.32 Å². The van der Waals surface area contributed by atoms with Crippen molar-refractivity contribution in [3.63, 3.8) is 0 Å². The van der Waals surface area contributed by atoms with E-state index in [2.05, 4.69) is 10.6 Å². The largest absolute Gasteiger partial charge is 0.480 e. The molecule has 2 amide bonds. The molecule has 4 rings (SSSR count). The Bertz CT molecular complexity index is 1080. The van der Waals surface area contributed by atoms with Crippen LogP contribution in [0, 0.1) is 0 Å². The van der Waals surface area contributed by atoms with E-state index in [4.69, 9.17) is 4.74 Å². The zero-order chi connectivity index (χ0) is 22.3. The van der Waals surface area contributed by atoms with Crippen LogP contribution in [0.1, 0.15) is 55.8 Å². The molecule has 5 nitrogen and oxygen atoms in total. The lowest BCUT2D eigenvalue weighted by molar-refractivity contribution is -0.122. The van der Waals surface area contributed by atoms with E-state index >= 15 is 0 Å². The maximum absolute atomic E-state index is 13.1. The number of para-hydroxylation sites is 1. The first kappa shape index (κ1) is 21.9. The van der Waals surface area contributed by atoms with E-state index in [1.807, 2.05) is 61.5 Å². The number of amides is 2. The minimum Gasteiger partial charge on any atom is -0.480 e. The number of hydrogen-bond donors (Lipinski definition) is 2. The lowest BCUT2D eigenvalue weighted by atomic mass is 9.95. The van der Waals surface area contributed by atoms with E-state index < -0.39 is 6.10 Å². The van der Waals surface area contributed by atoms with Crippen molar-refractivity contribution in [2.45, 2.75) is 57.6 Å². The molecule has 1 atom stereocenters. The highest BCUT2D eigenvalue weighted by molar-refractivity contribution is 6.04. The average molecular weight is 431 g/mol. The zero-order valence-corrected chi connectivity index (χ0v) is 18.5. The second kappa shape index (κ2) is 10.3. The van der Waals surface area contributed by atoms with E-state index in [0.717, 1.165) is 36.5 Å². The van der Waals surface area contributed by atoms with Crippen LogP contribution in [0.25, 0.3) is 10.8 Å². The summed E-state index contributed by atoms with van der Waals surface area (Å²) >= 11 is 0. The predicted octanol–water partition coefficient (Wildman–Crippen LogP) is 5.70. The molecule has 1 fully saturated rings. The van der Waals surface area contributed by atoms with Gasteiger partial charge < -0.3 is 15.4 Å². The number of fused-ring (bicyclic) bond motifs is 1. The van der Waals surface area contributed by atoms with Crippen molar-refractivity contribution in [2.24, 2.45) is 0 Å². The van der Waals surface area contributed by atoms with E-state index in [0.29, 0.717) is 23.4 Å². The summed E-state index contributed by atoms with van der Waals surface area (Å²) in [6, 6.07) is 21.1. The fourth-order valence-electron chi connectivity index (χ4n) is 4.29. The summed E-state index contributed by atoms with van der Waals surface area (Å²) in [5, 5.41) is 8.08. The minimum atomic E-state index is -0.671. The minimum absolute atomic E-state index is 0.143. The van der Waals surface area contributed by atoms with Gasteiger partial charge in [-0.05, 0) is 42.8 Å². The monoisotopic (exact) mass is 430 g/mol. The standard InChI is InChI=1S/C27H30N2O3/c1-2-24(32-25-18-10-12-19-11-6-7-15-21(19)25)27(31)29-23-17-9-8-16-22(23)26(30)28-20-13-4-3-5-14-20/h6-12,15-18,20,24H,2-5,13-14H2,1H3,(H,28,30)(H,29,31)/t24-/m1/s1. The smallest absolute Gasteiger partial charge is 0.265 e. The van der Waals surface area contributed by atoms with E-state index in [1.54, 1.807) is 12.1 Å². The van der Waals surface area contributed by atoms with Crippen molar-refractivity contribution < 1.29 is 14.3 Å². The van der Waals surface area contributed by atoms with Crippen LogP contribution in [0.15, 0.2) is 66.7 Å². The number of ether oxygens (including phenoxy) is 1. The van der Waals surface area contributed by atoms with E-state index in [-0.39, 0.29) is 17.9 Å². The van der Waals surface area contributed by atoms with Crippen LogP contribution in [0.5, 0.6) is 5.75 Å². The average Bonchev–Trinajstić information content (AvgIpc) is 2.83. The van der Waals surface area contributed by atoms with Crippen molar-refractivity contribution in [2.75, 3.05) is 5.32 Å². The van der Waals surface area contributed by atoms with Crippen molar-refractivity contribution >= 4 is 28.3 Å². The molecule has 5 heteroatoms. The molecule has 1 aliphatic rings. The molecule has 0 aliphatic heterocycles. The highest BCUT2D eigenvalue weighted by Crippen LogP contribution is 2.27. The fourth-order valence-corrected chi connectivity index (χ4v) is 4.29. The third-order valence-corrected chi connectivity index (χ3v) is 6.05. The van der Waals surface area contributed by atoms with E-state index in [1.165, 1.54) is 6.42 Å². The Morgan fingerprint density at radius 3 is 2.47 bits per heavy atom. The summed E-state index contributed by atoms with van der Waals surface area (Å²) < 4.78 is 6.12. The number of carbonyl (C=O) groups is 2. The van der Waals surface area contributed by atoms with Gasteiger partial charge in [0.2, 0.25) is 0 Å². The van der Waals surface area contributed by atoms with E-state index in [9.17, 15) is 9.59 Å². The molecule has 0 spiro atoms. The summed E-state index contributed by atoms with van der Waals surface area (Å²) in [4.78, 5) is 26.0. The van der Waals surface area contributed by atoms with Crippen LogP contribution in [0.4, 0.5) is 5.69 Å². The Hall–Kier alpha value is -3.34. The van der Waals surface area contributed by atoms with Gasteiger partial charge in [-0.3, -0.25) is 9.59 Å². The van der Waals surface area contributed by atoms with Gasteiger partial charge in [-0.25, -0.2) is 0 Å². The maximum atomic E-state index is 13.1. The topological polar surface area (TPSA) is 67.4 Å². The summed E-state index contributed by atoms with van der Waals surface area (Å²) in [5.41, 5.74) is 0.984. The summed E-state index contributed by atoms with van der Waals surface area (Å²) in [5.74, 6) is 0.266. The van der Waals surface area contributed by atoms with Crippen LogP contribution < -0.4 is 15.4 Å². The lowest BCUT2D eigenvalue weighted by Gasteiger charge is -2.23. The molecule has 0 unspecified atom stereocenters. The molecule has 0 aromatic heterocycles. The van der Waals surface area contributed by atoms with Crippen LogP contribution >= 0.6 is 0 Å². The van der Waals surface area contributed by atoms with Crippen LogP contribution in [-0.2, 0) is 4.79 Å². The normalized spacial score (nSPS) is 15.2. The Morgan fingerprint density at radius 1 is 0.938 bits per heavy atom. The van der Waals surface area contributed by atoms with Gasteiger partial charge in [0.25, 0.3) is 11.8 Å². The third kappa shape index (κ3) is 5.10. The molecule has 0 heterocycles. The first-order valence-corrected chi connectivity index (χ1v) is 11.5. The highest BCUT2D eigenvalue weighted by atomic mass is 16.5. The first-order valence-electron chi connectivity index (χ1n) is 11.5. The second-order valence-electron chi connectivity index (χ2n) is 8.34. The molecular weight excluding hydrogens is 400 g/mol. The van der Waals surface area contributed by atoms with Crippen molar-refractivity contribution in [3.05, 3.63) is 72.3 Å². The molecule has 166 valence electrons. The molecule has 2 N–H and O–H groups in total. The summed E-state index contributed by atoms with van der Waals surface area (Å²) in [7, 11) is 0. The number of anilines is 1. The van der Waals surface area contributed by atoms with Gasteiger partial charge in [0.15, 0.2) is 6.10 Å². The van der Waals surface area contributed by atoms with Gasteiger partial charge in [0, 0.05) is 11.4 Å². The summed E-state index contributed by atoms with van der Waals surface area (Å²) in [6.07, 6.45) is 5.38. The van der Waals surface area contributed by atoms with Crippen LogP contribution in [0.3, 0.4) is 0 Å². The van der Waals surface area contributed by atoms with Gasteiger partial charge in [-0.2, -0.15) is 0 Å². The number of rotatable bonds is 7. The van der Waals surface area contributed by atoms with Gasteiger partial charge in [-0.1, -0.05) is 74.7 Å². The van der Waals surface area contributed by atoms with Crippen LogP contribution in [-0.4, -0.2) is 24.0 Å². The Morgan fingerprint density at radius 2 is 1.66 bits per heavy atom. The van der Waals surface area contributed by atoms with Crippen molar-refractivity contribution in [1.29, 1.82) is 0 Å². The van der Waals surface area contributed by atoms with Gasteiger partial charge in [0.1, 0.15) is 5.75 Å². The van der Waals surface area contributed by atoms with Crippen LogP contribution in [0.2, 0.25) is 0 Å². The number of hydrogen-bond acceptors (Lipinski definition) is 3. The first-order chi connectivity index (χ1) is 15.7.